The van der Waals surface area contributed by atoms with Crippen LogP contribution in [-0.4, -0.2) is 27.3 Å². The van der Waals surface area contributed by atoms with Gasteiger partial charge in [-0.25, -0.2) is 15.1 Å². The second-order valence-electron chi connectivity index (χ2n) is 5.68. The van der Waals surface area contributed by atoms with E-state index >= 15 is 0 Å². The summed E-state index contributed by atoms with van der Waals surface area (Å²) in [5.41, 5.74) is 6.55. The lowest BCUT2D eigenvalue weighted by Crippen LogP contribution is -2.24. The van der Waals surface area contributed by atoms with Crippen LogP contribution in [0.25, 0.3) is 11.0 Å². The number of pyridine rings is 1. The maximum Gasteiger partial charge on any atom is 0.243 e. The number of aromatic nitrogens is 3. The molecule has 0 bridgehead atoms. The van der Waals surface area contributed by atoms with E-state index in [4.69, 9.17) is 9.82 Å². The standard InChI is InChI=1S/C16H24N4O2/c1-6-22-19-15(21)8-7-13-11(4)14-9-17-20(10(2)3)16(14)18-12(13)5/h9-10H,6-8H2,1-5H3,(H,19,21). The van der Waals surface area contributed by atoms with E-state index in [0.29, 0.717) is 19.4 Å². The third-order valence-electron chi connectivity index (χ3n) is 3.76. The molecular weight excluding hydrogens is 280 g/mol. The number of rotatable bonds is 6. The largest absolute Gasteiger partial charge is 0.274 e. The molecule has 1 amide bonds. The van der Waals surface area contributed by atoms with Crippen molar-refractivity contribution in [2.45, 2.75) is 53.5 Å². The molecule has 0 spiro atoms. The summed E-state index contributed by atoms with van der Waals surface area (Å²) in [5, 5.41) is 5.48. The summed E-state index contributed by atoms with van der Waals surface area (Å²) >= 11 is 0. The van der Waals surface area contributed by atoms with E-state index in [1.165, 1.54) is 0 Å². The van der Waals surface area contributed by atoms with Crippen LogP contribution >= 0.6 is 0 Å². The van der Waals surface area contributed by atoms with E-state index in [1.807, 2.05) is 24.7 Å². The van der Waals surface area contributed by atoms with Crippen LogP contribution in [0.3, 0.4) is 0 Å². The first-order valence-corrected chi connectivity index (χ1v) is 7.69. The smallest absolute Gasteiger partial charge is 0.243 e. The van der Waals surface area contributed by atoms with Gasteiger partial charge in [0.2, 0.25) is 5.91 Å². The highest BCUT2D eigenvalue weighted by molar-refractivity contribution is 5.81. The van der Waals surface area contributed by atoms with E-state index in [1.54, 1.807) is 0 Å². The van der Waals surface area contributed by atoms with E-state index in [2.05, 4.69) is 31.3 Å². The molecule has 0 unspecified atom stereocenters. The summed E-state index contributed by atoms with van der Waals surface area (Å²) in [6.07, 6.45) is 2.89. The van der Waals surface area contributed by atoms with Crippen molar-refractivity contribution in [3.8, 4) is 0 Å². The number of hydroxylamine groups is 1. The van der Waals surface area contributed by atoms with Gasteiger partial charge >= 0.3 is 0 Å². The molecule has 0 saturated heterocycles. The van der Waals surface area contributed by atoms with E-state index in [9.17, 15) is 4.79 Å². The van der Waals surface area contributed by atoms with Gasteiger partial charge in [0.25, 0.3) is 0 Å². The Morgan fingerprint density at radius 2 is 2.14 bits per heavy atom. The van der Waals surface area contributed by atoms with Crippen LogP contribution in [-0.2, 0) is 16.1 Å². The quantitative estimate of drug-likeness (QED) is 0.833. The number of carbonyl (C=O) groups excluding carboxylic acids is 1. The van der Waals surface area contributed by atoms with Gasteiger partial charge in [0.05, 0.1) is 12.8 Å². The van der Waals surface area contributed by atoms with Gasteiger partial charge in [0.1, 0.15) is 0 Å². The lowest BCUT2D eigenvalue weighted by molar-refractivity contribution is -0.133. The van der Waals surface area contributed by atoms with Crippen molar-refractivity contribution in [1.82, 2.24) is 20.2 Å². The summed E-state index contributed by atoms with van der Waals surface area (Å²) in [6.45, 7) is 10.5. The number of nitrogens with zero attached hydrogens (tertiary/aromatic N) is 3. The van der Waals surface area contributed by atoms with Crippen LogP contribution < -0.4 is 5.48 Å². The molecule has 2 aromatic rings. The molecule has 2 aromatic heterocycles. The molecule has 0 aromatic carbocycles. The molecule has 2 rings (SSSR count). The van der Waals surface area contributed by atoms with Crippen molar-refractivity contribution in [3.63, 3.8) is 0 Å². The lowest BCUT2D eigenvalue weighted by atomic mass is 10.0. The molecule has 120 valence electrons. The van der Waals surface area contributed by atoms with Crippen molar-refractivity contribution in [3.05, 3.63) is 23.0 Å². The van der Waals surface area contributed by atoms with Gasteiger partial charge in [-0.15, -0.1) is 0 Å². The molecule has 22 heavy (non-hydrogen) atoms. The highest BCUT2D eigenvalue weighted by Crippen LogP contribution is 2.25. The molecule has 6 nitrogen and oxygen atoms in total. The molecule has 0 aliphatic heterocycles. The van der Waals surface area contributed by atoms with Gasteiger partial charge in [-0.2, -0.15) is 5.10 Å². The summed E-state index contributed by atoms with van der Waals surface area (Å²) in [5.74, 6) is -0.112. The Morgan fingerprint density at radius 3 is 2.77 bits per heavy atom. The fraction of sp³-hybridized carbons (Fsp3) is 0.562. The van der Waals surface area contributed by atoms with Gasteiger partial charge in [-0.1, -0.05) is 0 Å². The number of hydrogen-bond donors (Lipinski definition) is 1. The Kier molecular flexibility index (Phi) is 5.13. The van der Waals surface area contributed by atoms with Crippen LogP contribution in [0.1, 0.15) is 50.1 Å². The normalized spacial score (nSPS) is 11.4. The predicted molar refractivity (Wildman–Crippen MR) is 85.5 cm³/mol. The zero-order chi connectivity index (χ0) is 16.3. The number of aryl methyl sites for hydroxylation is 2. The SMILES string of the molecule is CCONC(=O)CCc1c(C)nc2c(cnn2C(C)C)c1C. The first-order chi connectivity index (χ1) is 10.5. The number of nitrogens with one attached hydrogen (secondary N) is 1. The summed E-state index contributed by atoms with van der Waals surface area (Å²) in [6, 6.07) is 0.270. The maximum atomic E-state index is 11.7. The number of hydrogen-bond acceptors (Lipinski definition) is 4. The minimum Gasteiger partial charge on any atom is -0.274 e. The van der Waals surface area contributed by atoms with Gasteiger partial charge in [0.15, 0.2) is 5.65 Å². The molecular formula is C16H24N4O2. The van der Waals surface area contributed by atoms with Crippen LogP contribution in [0.5, 0.6) is 0 Å². The van der Waals surface area contributed by atoms with Crippen molar-refractivity contribution in [2.75, 3.05) is 6.61 Å². The van der Waals surface area contributed by atoms with Crippen molar-refractivity contribution in [2.24, 2.45) is 0 Å². The Balaban J connectivity index is 2.26. The molecule has 0 atom stereocenters. The van der Waals surface area contributed by atoms with Gasteiger partial charge in [-0.3, -0.25) is 9.63 Å². The molecule has 2 heterocycles. The van der Waals surface area contributed by atoms with Crippen LogP contribution in [0.15, 0.2) is 6.20 Å². The molecule has 6 heteroatoms. The van der Waals surface area contributed by atoms with Crippen molar-refractivity contribution in [1.29, 1.82) is 0 Å². The first kappa shape index (κ1) is 16.4. The second-order valence-corrected chi connectivity index (χ2v) is 5.68. The molecule has 0 aliphatic rings. The minimum atomic E-state index is -0.112. The first-order valence-electron chi connectivity index (χ1n) is 7.69. The lowest BCUT2D eigenvalue weighted by Gasteiger charge is -2.12. The fourth-order valence-electron chi connectivity index (χ4n) is 2.58. The van der Waals surface area contributed by atoms with Gasteiger partial charge in [-0.05, 0) is 52.2 Å². The van der Waals surface area contributed by atoms with Crippen molar-refractivity contribution < 1.29 is 9.63 Å². The Hall–Kier alpha value is -1.95. The fourth-order valence-corrected chi connectivity index (χ4v) is 2.58. The topological polar surface area (TPSA) is 69.0 Å². The molecule has 0 saturated carbocycles. The van der Waals surface area contributed by atoms with Gasteiger partial charge < -0.3 is 0 Å². The monoisotopic (exact) mass is 304 g/mol. The van der Waals surface area contributed by atoms with Crippen molar-refractivity contribution >= 4 is 16.9 Å². The molecule has 0 fully saturated rings. The third-order valence-corrected chi connectivity index (χ3v) is 3.76. The summed E-state index contributed by atoms with van der Waals surface area (Å²) in [7, 11) is 0. The molecule has 0 radical (unpaired) electrons. The third kappa shape index (κ3) is 3.27. The minimum absolute atomic E-state index is 0.112. The number of carbonyl (C=O) groups is 1. The maximum absolute atomic E-state index is 11.7. The summed E-state index contributed by atoms with van der Waals surface area (Å²) in [4.78, 5) is 21.3. The summed E-state index contributed by atoms with van der Waals surface area (Å²) < 4.78 is 1.93. The van der Waals surface area contributed by atoms with E-state index in [-0.39, 0.29) is 11.9 Å². The van der Waals surface area contributed by atoms with Crippen LogP contribution in [0, 0.1) is 13.8 Å². The Bertz CT molecular complexity index is 676. The number of fused-ring (bicyclic) bond motifs is 1. The number of amides is 1. The zero-order valence-corrected chi connectivity index (χ0v) is 13.9. The molecule has 0 aliphatic carbocycles. The van der Waals surface area contributed by atoms with Crippen LogP contribution in [0.4, 0.5) is 0 Å². The Labute approximate surface area is 130 Å². The van der Waals surface area contributed by atoms with E-state index in [0.717, 1.165) is 27.9 Å². The Morgan fingerprint density at radius 1 is 1.41 bits per heavy atom. The molecule has 1 N–H and O–H groups in total. The van der Waals surface area contributed by atoms with E-state index < -0.39 is 0 Å². The zero-order valence-electron chi connectivity index (χ0n) is 13.9. The predicted octanol–water partition coefficient (Wildman–Crippen LogP) is 2.63. The van der Waals surface area contributed by atoms with Gasteiger partial charge in [0, 0.05) is 23.5 Å². The second kappa shape index (κ2) is 6.87. The highest BCUT2D eigenvalue weighted by atomic mass is 16.6. The average Bonchev–Trinajstić information content (AvgIpc) is 2.88. The highest BCUT2D eigenvalue weighted by Gasteiger charge is 2.15. The van der Waals surface area contributed by atoms with Crippen LogP contribution in [0.2, 0.25) is 0 Å². The average molecular weight is 304 g/mol.